The van der Waals surface area contributed by atoms with Crippen molar-refractivity contribution in [2.45, 2.75) is 20.4 Å². The number of carbonyl (C=O) groups excluding carboxylic acids is 1. The lowest BCUT2D eigenvalue weighted by Gasteiger charge is -2.12. The summed E-state index contributed by atoms with van der Waals surface area (Å²) in [6.07, 6.45) is 0. The van der Waals surface area contributed by atoms with Crippen molar-refractivity contribution in [2.24, 2.45) is 4.99 Å². The van der Waals surface area contributed by atoms with E-state index >= 15 is 0 Å². The molecular formula is C16H26N4O2. The number of nitrogens with zero attached hydrogens (tertiary/aromatic N) is 1. The minimum Gasteiger partial charge on any atom is -0.380 e. The highest BCUT2D eigenvalue weighted by Crippen LogP contribution is 2.05. The van der Waals surface area contributed by atoms with Crippen molar-refractivity contribution in [3.8, 4) is 0 Å². The van der Waals surface area contributed by atoms with E-state index in [0.717, 1.165) is 5.56 Å². The fourth-order valence-corrected chi connectivity index (χ4v) is 1.88. The maximum Gasteiger partial charge on any atom is 0.251 e. The minimum absolute atomic E-state index is 0.0522. The molecule has 1 aromatic carbocycles. The fourth-order valence-electron chi connectivity index (χ4n) is 1.88. The second-order valence-electron chi connectivity index (χ2n) is 4.61. The summed E-state index contributed by atoms with van der Waals surface area (Å²) in [4.78, 5) is 16.0. The van der Waals surface area contributed by atoms with E-state index in [2.05, 4.69) is 20.9 Å². The number of carbonyl (C=O) groups is 1. The highest BCUT2D eigenvalue weighted by atomic mass is 16.5. The van der Waals surface area contributed by atoms with Gasteiger partial charge in [0.15, 0.2) is 5.96 Å². The Bertz CT molecular complexity index is 489. The predicted octanol–water partition coefficient (Wildman–Crippen LogP) is 1.14. The number of rotatable bonds is 8. The third kappa shape index (κ3) is 6.58. The molecule has 0 radical (unpaired) electrons. The predicted molar refractivity (Wildman–Crippen MR) is 89.1 cm³/mol. The number of benzene rings is 1. The molecule has 0 saturated carbocycles. The number of amides is 1. The lowest BCUT2D eigenvalue weighted by atomic mass is 10.1. The van der Waals surface area contributed by atoms with Gasteiger partial charge in [0.05, 0.1) is 6.61 Å². The molecule has 0 aliphatic rings. The zero-order valence-electron chi connectivity index (χ0n) is 13.6. The minimum atomic E-state index is -0.0522. The van der Waals surface area contributed by atoms with Gasteiger partial charge in [-0.25, -0.2) is 0 Å². The average Bonchev–Trinajstić information content (AvgIpc) is 2.55. The molecule has 3 N–H and O–H groups in total. The van der Waals surface area contributed by atoms with Gasteiger partial charge in [0.1, 0.15) is 0 Å². The number of hydrogen-bond donors (Lipinski definition) is 3. The quantitative estimate of drug-likeness (QED) is 0.382. The molecule has 0 bridgehead atoms. The molecule has 1 rings (SSSR count). The molecule has 0 saturated heterocycles. The highest BCUT2D eigenvalue weighted by molar-refractivity contribution is 5.94. The van der Waals surface area contributed by atoms with Gasteiger partial charge in [0.2, 0.25) is 0 Å². The summed E-state index contributed by atoms with van der Waals surface area (Å²) in [5.41, 5.74) is 1.69. The Kier molecular flexibility index (Phi) is 8.67. The second kappa shape index (κ2) is 10.6. The van der Waals surface area contributed by atoms with Crippen LogP contribution in [-0.2, 0) is 11.3 Å². The fraction of sp³-hybridized carbons (Fsp3) is 0.500. The Hall–Kier alpha value is -2.08. The van der Waals surface area contributed by atoms with E-state index in [-0.39, 0.29) is 5.91 Å². The molecule has 122 valence electrons. The summed E-state index contributed by atoms with van der Waals surface area (Å²) in [5.74, 6) is 0.659. The Morgan fingerprint density at radius 2 is 2.05 bits per heavy atom. The topological polar surface area (TPSA) is 74.8 Å². The van der Waals surface area contributed by atoms with E-state index in [1.807, 2.05) is 38.1 Å². The zero-order chi connectivity index (χ0) is 16.2. The second-order valence-corrected chi connectivity index (χ2v) is 4.61. The van der Waals surface area contributed by atoms with Gasteiger partial charge in [-0.3, -0.25) is 9.79 Å². The van der Waals surface area contributed by atoms with Gasteiger partial charge >= 0.3 is 0 Å². The molecule has 0 heterocycles. The molecule has 0 atom stereocenters. The molecule has 0 spiro atoms. The number of hydrogen-bond acceptors (Lipinski definition) is 3. The first-order valence-electron chi connectivity index (χ1n) is 7.60. The first-order valence-corrected chi connectivity index (χ1v) is 7.60. The molecule has 6 nitrogen and oxygen atoms in total. The van der Waals surface area contributed by atoms with Gasteiger partial charge < -0.3 is 20.7 Å². The van der Waals surface area contributed by atoms with Gasteiger partial charge in [0.25, 0.3) is 5.91 Å². The number of aliphatic imine (C=N–C) groups is 1. The molecule has 0 unspecified atom stereocenters. The van der Waals surface area contributed by atoms with Crippen molar-refractivity contribution in [3.05, 3.63) is 35.4 Å². The summed E-state index contributed by atoms with van der Waals surface area (Å²) in [6.45, 7) is 7.14. The van der Waals surface area contributed by atoms with Crippen LogP contribution in [0.2, 0.25) is 0 Å². The van der Waals surface area contributed by atoms with Crippen molar-refractivity contribution in [2.75, 3.05) is 33.4 Å². The van der Waals surface area contributed by atoms with Crippen LogP contribution < -0.4 is 16.0 Å². The summed E-state index contributed by atoms with van der Waals surface area (Å²) >= 11 is 0. The lowest BCUT2D eigenvalue weighted by molar-refractivity contribution is 0.0955. The monoisotopic (exact) mass is 306 g/mol. The molecule has 1 amide bonds. The van der Waals surface area contributed by atoms with Gasteiger partial charge in [-0.2, -0.15) is 0 Å². The number of ether oxygens (including phenoxy) is 1. The lowest BCUT2D eigenvalue weighted by Crippen LogP contribution is -2.38. The van der Waals surface area contributed by atoms with Crippen LogP contribution in [0.1, 0.15) is 29.8 Å². The van der Waals surface area contributed by atoms with Crippen LogP contribution in [0.3, 0.4) is 0 Å². The zero-order valence-corrected chi connectivity index (χ0v) is 13.6. The Balaban J connectivity index is 2.49. The largest absolute Gasteiger partial charge is 0.380 e. The van der Waals surface area contributed by atoms with E-state index in [1.54, 1.807) is 7.05 Å². The van der Waals surface area contributed by atoms with E-state index in [0.29, 0.717) is 44.4 Å². The number of guanidine groups is 1. The Morgan fingerprint density at radius 3 is 2.73 bits per heavy atom. The molecule has 6 heteroatoms. The summed E-state index contributed by atoms with van der Waals surface area (Å²) < 4.78 is 5.27. The van der Waals surface area contributed by atoms with Gasteiger partial charge in [-0.15, -0.1) is 0 Å². The maximum atomic E-state index is 11.8. The molecule has 0 aliphatic carbocycles. The van der Waals surface area contributed by atoms with Crippen molar-refractivity contribution in [1.29, 1.82) is 0 Å². The summed E-state index contributed by atoms with van der Waals surface area (Å²) in [7, 11) is 1.72. The van der Waals surface area contributed by atoms with E-state index in [9.17, 15) is 4.79 Å². The van der Waals surface area contributed by atoms with Gasteiger partial charge in [-0.05, 0) is 31.5 Å². The maximum absolute atomic E-state index is 11.8. The van der Waals surface area contributed by atoms with Crippen LogP contribution in [0, 0.1) is 0 Å². The third-order valence-electron chi connectivity index (χ3n) is 2.95. The van der Waals surface area contributed by atoms with Crippen LogP contribution in [0.15, 0.2) is 29.3 Å². The van der Waals surface area contributed by atoms with Crippen molar-refractivity contribution >= 4 is 11.9 Å². The average molecular weight is 306 g/mol. The standard InChI is InChI=1S/C16H26N4O2/c1-4-18-15(21)14-8-6-7-13(11-14)12-20-16(17-3)19-9-10-22-5-2/h6-8,11H,4-5,9-10,12H2,1-3H3,(H,18,21)(H2,17,19,20). The Morgan fingerprint density at radius 1 is 1.23 bits per heavy atom. The van der Waals surface area contributed by atoms with Crippen molar-refractivity contribution in [1.82, 2.24) is 16.0 Å². The summed E-state index contributed by atoms with van der Waals surface area (Å²) in [5, 5.41) is 9.17. The molecule has 0 aliphatic heterocycles. The van der Waals surface area contributed by atoms with Crippen LogP contribution >= 0.6 is 0 Å². The molecule has 1 aromatic rings. The first-order chi connectivity index (χ1) is 10.7. The van der Waals surface area contributed by atoms with Gasteiger partial charge in [-0.1, -0.05) is 12.1 Å². The van der Waals surface area contributed by atoms with Crippen LogP contribution in [-0.4, -0.2) is 45.2 Å². The van der Waals surface area contributed by atoms with E-state index < -0.39 is 0 Å². The van der Waals surface area contributed by atoms with E-state index in [1.165, 1.54) is 0 Å². The third-order valence-corrected chi connectivity index (χ3v) is 2.95. The SMILES string of the molecule is CCNC(=O)c1cccc(CNC(=NC)NCCOCC)c1. The smallest absolute Gasteiger partial charge is 0.251 e. The van der Waals surface area contributed by atoms with Crippen LogP contribution in [0.5, 0.6) is 0 Å². The van der Waals surface area contributed by atoms with Crippen molar-refractivity contribution < 1.29 is 9.53 Å². The number of nitrogens with one attached hydrogen (secondary N) is 3. The molecule has 0 fully saturated rings. The highest BCUT2D eigenvalue weighted by Gasteiger charge is 2.05. The Labute approximate surface area is 132 Å². The van der Waals surface area contributed by atoms with E-state index in [4.69, 9.17) is 4.74 Å². The molecule has 0 aromatic heterocycles. The normalized spacial score (nSPS) is 11.1. The van der Waals surface area contributed by atoms with Gasteiger partial charge in [0, 0.05) is 38.9 Å². The molecular weight excluding hydrogens is 280 g/mol. The summed E-state index contributed by atoms with van der Waals surface area (Å²) in [6, 6.07) is 7.55. The first kappa shape index (κ1) is 18.0. The van der Waals surface area contributed by atoms with Crippen LogP contribution in [0.4, 0.5) is 0 Å². The molecule has 22 heavy (non-hydrogen) atoms. The van der Waals surface area contributed by atoms with Crippen LogP contribution in [0.25, 0.3) is 0 Å². The van der Waals surface area contributed by atoms with Crippen molar-refractivity contribution in [3.63, 3.8) is 0 Å².